The normalized spacial score (nSPS) is 15.4. The summed E-state index contributed by atoms with van der Waals surface area (Å²) in [6.45, 7) is 1.28. The van der Waals surface area contributed by atoms with E-state index in [9.17, 15) is 13.2 Å². The number of nitrogens with zero attached hydrogens (tertiary/aromatic N) is 3. The molecule has 2 N–H and O–H groups in total. The maximum atomic E-state index is 13.8. The predicted octanol–water partition coefficient (Wildman–Crippen LogP) is 5.19. The minimum absolute atomic E-state index is 0.0114. The summed E-state index contributed by atoms with van der Waals surface area (Å²) >= 11 is 6.00. The number of halogens is 1. The Morgan fingerprint density at radius 3 is 2.39 bits per heavy atom. The molecule has 3 heterocycles. The van der Waals surface area contributed by atoms with Gasteiger partial charge in [0.05, 0.1) is 28.6 Å². The van der Waals surface area contributed by atoms with Crippen molar-refractivity contribution in [3.63, 3.8) is 0 Å². The summed E-state index contributed by atoms with van der Waals surface area (Å²) in [6.07, 6.45) is 2.16. The van der Waals surface area contributed by atoms with E-state index in [2.05, 4.69) is 10.0 Å². The zero-order chi connectivity index (χ0) is 28.4. The molecular weight excluding hydrogens is 562 g/mol. The van der Waals surface area contributed by atoms with Crippen LogP contribution in [0, 0.1) is 0 Å². The summed E-state index contributed by atoms with van der Waals surface area (Å²) in [6, 6.07) is 23.0. The number of anilines is 1. The number of aromatic nitrogens is 3. The smallest absolute Gasteiger partial charge is 0.263 e. The van der Waals surface area contributed by atoms with Gasteiger partial charge in [-0.05, 0) is 61.2 Å². The number of rotatable bonds is 9. The second-order valence-corrected chi connectivity index (χ2v) is 12.0. The van der Waals surface area contributed by atoms with E-state index >= 15 is 0 Å². The van der Waals surface area contributed by atoms with Gasteiger partial charge < -0.3 is 14.6 Å². The third-order valence-electron chi connectivity index (χ3n) is 7.09. The van der Waals surface area contributed by atoms with E-state index in [1.807, 2.05) is 54.6 Å². The van der Waals surface area contributed by atoms with E-state index in [0.717, 1.165) is 18.4 Å². The molecule has 1 saturated heterocycles. The molecule has 0 unspecified atom stereocenters. The lowest BCUT2D eigenvalue weighted by Crippen LogP contribution is -2.28. The number of nitrogens with one attached hydrogen (secondary N) is 2. The number of benzene rings is 3. The first-order valence-electron chi connectivity index (χ1n) is 13.4. The first-order valence-corrected chi connectivity index (χ1v) is 15.3. The number of hydrogen-bond acceptors (Lipinski definition) is 6. The monoisotopic (exact) mass is 589 g/mol. The molecule has 1 amide bonds. The summed E-state index contributed by atoms with van der Waals surface area (Å²) in [4.78, 5) is 23.5. The Bertz CT molecular complexity index is 1820. The van der Waals surface area contributed by atoms with E-state index in [-0.39, 0.29) is 22.4 Å². The van der Waals surface area contributed by atoms with Crippen LogP contribution in [0.2, 0.25) is 5.02 Å². The van der Waals surface area contributed by atoms with E-state index in [1.165, 1.54) is 24.3 Å². The fourth-order valence-electron chi connectivity index (χ4n) is 5.04. The highest BCUT2D eigenvalue weighted by molar-refractivity contribution is 7.92. The molecule has 0 bridgehead atoms. The van der Waals surface area contributed by atoms with Crippen molar-refractivity contribution in [3.8, 4) is 0 Å². The summed E-state index contributed by atoms with van der Waals surface area (Å²) in [5.41, 5.74) is 3.13. The van der Waals surface area contributed by atoms with Crippen molar-refractivity contribution in [2.45, 2.75) is 36.8 Å². The minimum Gasteiger partial charge on any atom is -0.376 e. The fraction of sp³-hybridized carbons (Fsp3) is 0.233. The van der Waals surface area contributed by atoms with Gasteiger partial charge in [0.2, 0.25) is 0 Å². The molecule has 1 atom stereocenters. The third kappa shape index (κ3) is 5.76. The Kier molecular flexibility index (Phi) is 7.61. The Morgan fingerprint density at radius 1 is 0.976 bits per heavy atom. The number of fused-ring (bicyclic) bond motifs is 2. The molecule has 0 saturated carbocycles. The van der Waals surface area contributed by atoms with Crippen molar-refractivity contribution in [1.29, 1.82) is 0 Å². The summed E-state index contributed by atoms with van der Waals surface area (Å²) < 4.78 is 37.5. The van der Waals surface area contributed by atoms with Crippen LogP contribution in [-0.4, -0.2) is 48.1 Å². The minimum atomic E-state index is -4.11. The molecular formula is C30H28ClN5O4S. The first kappa shape index (κ1) is 27.2. The highest BCUT2D eigenvalue weighted by Gasteiger charge is 2.31. The lowest BCUT2D eigenvalue weighted by Gasteiger charge is -2.17. The van der Waals surface area contributed by atoms with Crippen molar-refractivity contribution in [1.82, 2.24) is 19.9 Å². The van der Waals surface area contributed by atoms with Gasteiger partial charge in [-0.25, -0.2) is 18.4 Å². The molecule has 1 fully saturated rings. The average Bonchev–Trinajstić information content (AvgIpc) is 3.59. The van der Waals surface area contributed by atoms with Gasteiger partial charge in [0, 0.05) is 18.2 Å². The van der Waals surface area contributed by atoms with Crippen molar-refractivity contribution >= 4 is 55.5 Å². The van der Waals surface area contributed by atoms with Gasteiger partial charge in [-0.1, -0.05) is 54.1 Å². The Morgan fingerprint density at radius 2 is 1.68 bits per heavy atom. The van der Waals surface area contributed by atoms with Crippen LogP contribution in [0.5, 0.6) is 0 Å². The van der Waals surface area contributed by atoms with Crippen LogP contribution in [0.3, 0.4) is 0 Å². The number of sulfonamides is 1. The lowest BCUT2D eigenvalue weighted by molar-refractivity contribution is 0.0949. The highest BCUT2D eigenvalue weighted by Crippen LogP contribution is 2.33. The largest absolute Gasteiger partial charge is 0.376 e. The number of hydrogen-bond donors (Lipinski definition) is 2. The van der Waals surface area contributed by atoms with Gasteiger partial charge in [0.25, 0.3) is 15.9 Å². The van der Waals surface area contributed by atoms with E-state index in [1.54, 1.807) is 4.57 Å². The maximum Gasteiger partial charge on any atom is 0.263 e. The van der Waals surface area contributed by atoms with Crippen LogP contribution in [0.1, 0.15) is 28.8 Å². The quantitative estimate of drug-likeness (QED) is 0.244. The Hall–Kier alpha value is -3.99. The van der Waals surface area contributed by atoms with E-state index in [0.29, 0.717) is 53.3 Å². The molecule has 5 aromatic rings. The second-order valence-electron chi connectivity index (χ2n) is 9.90. The number of para-hydroxylation sites is 2. The summed E-state index contributed by atoms with van der Waals surface area (Å²) in [5.74, 6) is -0.353. The van der Waals surface area contributed by atoms with Crippen molar-refractivity contribution in [3.05, 3.63) is 95.0 Å². The van der Waals surface area contributed by atoms with Gasteiger partial charge in [-0.15, -0.1) is 0 Å². The zero-order valence-electron chi connectivity index (χ0n) is 22.1. The highest BCUT2D eigenvalue weighted by atomic mass is 35.5. The molecule has 0 radical (unpaired) electrons. The van der Waals surface area contributed by atoms with Crippen LogP contribution < -0.4 is 10.0 Å². The van der Waals surface area contributed by atoms with Gasteiger partial charge in [0.15, 0.2) is 5.65 Å². The van der Waals surface area contributed by atoms with E-state index < -0.39 is 15.9 Å². The number of carbonyl (C=O) groups is 1. The first-order chi connectivity index (χ1) is 19.9. The fourth-order valence-corrected chi connectivity index (χ4v) is 6.25. The summed E-state index contributed by atoms with van der Waals surface area (Å²) in [7, 11) is -4.11. The third-order valence-corrected chi connectivity index (χ3v) is 8.69. The second kappa shape index (κ2) is 11.5. The zero-order valence-corrected chi connectivity index (χ0v) is 23.7. The molecule has 9 nitrogen and oxygen atoms in total. The molecule has 41 heavy (non-hydrogen) atoms. The standard InChI is InChI=1S/C30H28ClN5O4S/c31-21-12-14-23(15-13-21)41(38,39)35-28-26(30(37)32-17-16-20-7-2-1-3-8-20)27-29(36(28)19-22-9-6-18-40-22)34-25-11-5-4-10-24(25)33-27/h1-5,7-8,10-15,22,35H,6,9,16-19H2,(H,32,37)/t22-/m1/s1. The van der Waals surface area contributed by atoms with Crippen molar-refractivity contribution in [2.24, 2.45) is 0 Å². The molecule has 11 heteroatoms. The van der Waals surface area contributed by atoms with Crippen molar-refractivity contribution in [2.75, 3.05) is 17.9 Å². The van der Waals surface area contributed by atoms with E-state index in [4.69, 9.17) is 26.3 Å². The maximum absolute atomic E-state index is 13.8. The van der Waals surface area contributed by atoms with Gasteiger partial charge in [-0.2, -0.15) is 0 Å². The lowest BCUT2D eigenvalue weighted by atomic mass is 10.1. The van der Waals surface area contributed by atoms with Gasteiger partial charge >= 0.3 is 0 Å². The Labute approximate surface area is 242 Å². The molecule has 3 aromatic carbocycles. The van der Waals surface area contributed by atoms with Crippen LogP contribution in [0.15, 0.2) is 83.8 Å². The molecule has 1 aliphatic heterocycles. The van der Waals surface area contributed by atoms with Crippen molar-refractivity contribution < 1.29 is 17.9 Å². The Balaban J connectivity index is 1.48. The summed E-state index contributed by atoms with van der Waals surface area (Å²) in [5, 5.41) is 3.38. The predicted molar refractivity (Wildman–Crippen MR) is 159 cm³/mol. The van der Waals surface area contributed by atoms with Crippen LogP contribution in [-0.2, 0) is 27.7 Å². The molecule has 1 aliphatic rings. The number of ether oxygens (including phenoxy) is 1. The molecule has 6 rings (SSSR count). The number of amides is 1. The molecule has 0 spiro atoms. The van der Waals surface area contributed by atoms with Crippen LogP contribution in [0.25, 0.3) is 22.2 Å². The SMILES string of the molecule is O=C(NCCc1ccccc1)c1c(NS(=O)(=O)c2ccc(Cl)cc2)n(C[C@H]2CCCO2)c2nc3ccccc3nc12. The van der Waals surface area contributed by atoms with Gasteiger partial charge in [-0.3, -0.25) is 9.52 Å². The average molecular weight is 590 g/mol. The number of carbonyl (C=O) groups excluding carboxylic acids is 1. The molecule has 0 aliphatic carbocycles. The van der Waals surface area contributed by atoms with Gasteiger partial charge in [0.1, 0.15) is 16.9 Å². The molecule has 2 aromatic heterocycles. The topological polar surface area (TPSA) is 115 Å². The van der Waals surface area contributed by atoms with Crippen LogP contribution >= 0.6 is 11.6 Å². The van der Waals surface area contributed by atoms with Crippen LogP contribution in [0.4, 0.5) is 5.82 Å². The molecule has 210 valence electrons.